The number of hydrogen-bond acceptors (Lipinski definition) is 3. The van der Waals surface area contributed by atoms with E-state index in [4.69, 9.17) is 17.3 Å². The molecule has 0 aliphatic rings. The molecule has 0 saturated carbocycles. The third kappa shape index (κ3) is 2.62. The summed E-state index contributed by atoms with van der Waals surface area (Å²) >= 11 is 6.31. The fraction of sp³-hybridized carbons (Fsp3) is 0.286. The minimum Gasteiger partial charge on any atom is -0.368 e. The van der Waals surface area contributed by atoms with Crippen LogP contribution in [0.5, 0.6) is 0 Å². The summed E-state index contributed by atoms with van der Waals surface area (Å²) < 4.78 is 0. The lowest BCUT2D eigenvalue weighted by atomic mass is 10.1. The SMILES string of the molecule is CCCc1cc(-c2cccc(C)c2Cl)nc(N)n1. The Labute approximate surface area is 112 Å². The van der Waals surface area contributed by atoms with Crippen molar-refractivity contribution in [1.82, 2.24) is 9.97 Å². The second-order valence-electron chi connectivity index (χ2n) is 4.29. The molecule has 18 heavy (non-hydrogen) atoms. The summed E-state index contributed by atoms with van der Waals surface area (Å²) in [6.07, 6.45) is 1.92. The molecule has 0 saturated heterocycles. The van der Waals surface area contributed by atoms with Gasteiger partial charge in [0, 0.05) is 11.3 Å². The Morgan fingerprint density at radius 3 is 2.78 bits per heavy atom. The lowest BCUT2D eigenvalue weighted by Gasteiger charge is -2.08. The molecule has 0 fully saturated rings. The lowest BCUT2D eigenvalue weighted by molar-refractivity contribution is 0.877. The Hall–Kier alpha value is -1.61. The molecule has 0 atom stereocenters. The van der Waals surface area contributed by atoms with Gasteiger partial charge in [-0.25, -0.2) is 9.97 Å². The first-order chi connectivity index (χ1) is 8.61. The predicted molar refractivity (Wildman–Crippen MR) is 75.6 cm³/mol. The quantitative estimate of drug-likeness (QED) is 0.918. The number of nitrogens with two attached hydrogens (primary N) is 1. The molecule has 0 radical (unpaired) electrons. The maximum absolute atomic E-state index is 6.31. The number of halogens is 1. The highest BCUT2D eigenvalue weighted by Crippen LogP contribution is 2.29. The molecular formula is C14H16ClN3. The molecule has 1 aromatic carbocycles. The van der Waals surface area contributed by atoms with Crippen molar-refractivity contribution >= 4 is 17.5 Å². The van der Waals surface area contributed by atoms with Gasteiger partial charge in [0.2, 0.25) is 5.95 Å². The molecular weight excluding hydrogens is 246 g/mol. The summed E-state index contributed by atoms with van der Waals surface area (Å²) in [4.78, 5) is 8.50. The van der Waals surface area contributed by atoms with Gasteiger partial charge in [-0.3, -0.25) is 0 Å². The Bertz CT molecular complexity index is 567. The van der Waals surface area contributed by atoms with Crippen LogP contribution in [0.15, 0.2) is 24.3 Å². The van der Waals surface area contributed by atoms with Crippen LogP contribution < -0.4 is 5.73 Å². The number of aryl methyl sites for hydroxylation is 2. The zero-order valence-corrected chi connectivity index (χ0v) is 11.3. The first-order valence-electron chi connectivity index (χ1n) is 6.00. The van der Waals surface area contributed by atoms with Crippen molar-refractivity contribution in [2.75, 3.05) is 5.73 Å². The number of aromatic nitrogens is 2. The summed E-state index contributed by atoms with van der Waals surface area (Å²) in [5, 5.41) is 0.720. The number of rotatable bonds is 3. The molecule has 0 aliphatic heterocycles. The summed E-state index contributed by atoms with van der Waals surface area (Å²) in [6.45, 7) is 4.08. The second-order valence-corrected chi connectivity index (χ2v) is 4.67. The first-order valence-corrected chi connectivity index (χ1v) is 6.38. The van der Waals surface area contributed by atoms with E-state index in [0.717, 1.165) is 40.4 Å². The van der Waals surface area contributed by atoms with Crippen LogP contribution in [0.2, 0.25) is 5.02 Å². The fourth-order valence-electron chi connectivity index (χ4n) is 1.89. The Morgan fingerprint density at radius 2 is 2.06 bits per heavy atom. The third-order valence-electron chi connectivity index (χ3n) is 2.77. The number of nitrogen functional groups attached to an aromatic ring is 1. The van der Waals surface area contributed by atoms with E-state index in [1.54, 1.807) is 0 Å². The molecule has 0 aliphatic carbocycles. The van der Waals surface area contributed by atoms with Crippen molar-refractivity contribution in [2.24, 2.45) is 0 Å². The molecule has 2 aromatic rings. The zero-order chi connectivity index (χ0) is 13.1. The second kappa shape index (κ2) is 5.36. The van der Waals surface area contributed by atoms with Crippen LogP contribution in [0.4, 0.5) is 5.95 Å². The molecule has 94 valence electrons. The van der Waals surface area contributed by atoms with Gasteiger partial charge >= 0.3 is 0 Å². The van der Waals surface area contributed by atoms with E-state index in [-0.39, 0.29) is 0 Å². The molecule has 2 rings (SSSR count). The van der Waals surface area contributed by atoms with Crippen molar-refractivity contribution in [1.29, 1.82) is 0 Å². The number of anilines is 1. The van der Waals surface area contributed by atoms with Crippen LogP contribution in [0.3, 0.4) is 0 Å². The van der Waals surface area contributed by atoms with Crippen molar-refractivity contribution in [2.45, 2.75) is 26.7 Å². The van der Waals surface area contributed by atoms with Crippen LogP contribution >= 0.6 is 11.6 Å². The van der Waals surface area contributed by atoms with E-state index >= 15 is 0 Å². The lowest BCUT2D eigenvalue weighted by Crippen LogP contribution is -2.01. The van der Waals surface area contributed by atoms with Crippen LogP contribution in [0.1, 0.15) is 24.6 Å². The van der Waals surface area contributed by atoms with Crippen molar-refractivity contribution in [3.05, 3.63) is 40.5 Å². The highest BCUT2D eigenvalue weighted by Gasteiger charge is 2.09. The van der Waals surface area contributed by atoms with E-state index in [1.165, 1.54) is 0 Å². The Balaban J connectivity index is 2.53. The van der Waals surface area contributed by atoms with Gasteiger partial charge in [-0.05, 0) is 25.0 Å². The maximum Gasteiger partial charge on any atom is 0.220 e. The third-order valence-corrected chi connectivity index (χ3v) is 3.27. The highest BCUT2D eigenvalue weighted by molar-refractivity contribution is 6.34. The van der Waals surface area contributed by atoms with E-state index in [2.05, 4.69) is 16.9 Å². The first kappa shape index (κ1) is 12.8. The van der Waals surface area contributed by atoms with Gasteiger partial charge in [-0.15, -0.1) is 0 Å². The fourth-order valence-corrected chi connectivity index (χ4v) is 2.11. The molecule has 0 unspecified atom stereocenters. The monoisotopic (exact) mass is 261 g/mol. The molecule has 0 bridgehead atoms. The van der Waals surface area contributed by atoms with Gasteiger partial charge in [0.1, 0.15) is 0 Å². The van der Waals surface area contributed by atoms with Gasteiger partial charge in [0.15, 0.2) is 0 Å². The molecule has 0 spiro atoms. The van der Waals surface area contributed by atoms with E-state index < -0.39 is 0 Å². The standard InChI is InChI=1S/C14H16ClN3/c1-3-5-10-8-12(18-14(16)17-10)11-7-4-6-9(2)13(11)15/h4,6-8H,3,5H2,1-2H3,(H2,16,17,18). The van der Waals surface area contributed by atoms with Gasteiger partial charge in [-0.2, -0.15) is 0 Å². The van der Waals surface area contributed by atoms with Crippen molar-refractivity contribution < 1.29 is 0 Å². The van der Waals surface area contributed by atoms with E-state index in [0.29, 0.717) is 5.95 Å². The molecule has 1 heterocycles. The summed E-state index contributed by atoms with van der Waals surface area (Å²) in [5.74, 6) is 0.300. The van der Waals surface area contributed by atoms with Gasteiger partial charge in [-0.1, -0.05) is 43.1 Å². The van der Waals surface area contributed by atoms with Crippen LogP contribution in [-0.2, 0) is 6.42 Å². The molecule has 0 amide bonds. The molecule has 4 heteroatoms. The maximum atomic E-state index is 6.31. The van der Waals surface area contributed by atoms with Crippen LogP contribution in [0.25, 0.3) is 11.3 Å². The Morgan fingerprint density at radius 1 is 1.28 bits per heavy atom. The zero-order valence-electron chi connectivity index (χ0n) is 10.6. The number of benzene rings is 1. The normalized spacial score (nSPS) is 10.6. The van der Waals surface area contributed by atoms with Gasteiger partial charge in [0.25, 0.3) is 0 Å². The summed E-state index contributed by atoms with van der Waals surface area (Å²) in [7, 11) is 0. The molecule has 3 nitrogen and oxygen atoms in total. The largest absolute Gasteiger partial charge is 0.368 e. The number of hydrogen-bond donors (Lipinski definition) is 1. The van der Waals surface area contributed by atoms with Gasteiger partial charge < -0.3 is 5.73 Å². The average molecular weight is 262 g/mol. The van der Waals surface area contributed by atoms with E-state index in [9.17, 15) is 0 Å². The van der Waals surface area contributed by atoms with Gasteiger partial charge in [0.05, 0.1) is 10.7 Å². The predicted octanol–water partition coefficient (Wildman–Crippen LogP) is 3.64. The van der Waals surface area contributed by atoms with Crippen LogP contribution in [-0.4, -0.2) is 9.97 Å². The molecule has 2 N–H and O–H groups in total. The molecule has 1 aromatic heterocycles. The number of nitrogens with zero attached hydrogens (tertiary/aromatic N) is 2. The topological polar surface area (TPSA) is 51.8 Å². The minimum atomic E-state index is 0.300. The smallest absolute Gasteiger partial charge is 0.220 e. The minimum absolute atomic E-state index is 0.300. The Kier molecular flexibility index (Phi) is 3.82. The summed E-state index contributed by atoms with van der Waals surface area (Å²) in [6, 6.07) is 7.85. The van der Waals surface area contributed by atoms with Crippen molar-refractivity contribution in [3.8, 4) is 11.3 Å². The summed E-state index contributed by atoms with van der Waals surface area (Å²) in [5.41, 5.74) is 9.43. The van der Waals surface area contributed by atoms with Crippen molar-refractivity contribution in [3.63, 3.8) is 0 Å². The highest BCUT2D eigenvalue weighted by atomic mass is 35.5. The van der Waals surface area contributed by atoms with E-state index in [1.807, 2.05) is 31.2 Å². The van der Waals surface area contributed by atoms with Crippen LogP contribution in [0, 0.1) is 6.92 Å². The average Bonchev–Trinajstić information content (AvgIpc) is 2.32.